The lowest BCUT2D eigenvalue weighted by molar-refractivity contribution is 0.242. The first-order chi connectivity index (χ1) is 12.2. The molecule has 0 aliphatic carbocycles. The predicted octanol–water partition coefficient (Wildman–Crippen LogP) is 2.64. The lowest BCUT2D eigenvalue weighted by atomic mass is 10.1. The summed E-state index contributed by atoms with van der Waals surface area (Å²) in [5.41, 5.74) is 7.18. The Balaban J connectivity index is 0.00000338. The maximum atomic E-state index is 6.02. The van der Waals surface area contributed by atoms with E-state index in [9.17, 15) is 0 Å². The van der Waals surface area contributed by atoms with Crippen molar-refractivity contribution in [2.45, 2.75) is 38.6 Å². The molecule has 1 heterocycles. The van der Waals surface area contributed by atoms with Gasteiger partial charge in [-0.25, -0.2) is 0 Å². The lowest BCUT2D eigenvalue weighted by Gasteiger charge is -2.24. The second-order valence-electron chi connectivity index (χ2n) is 6.40. The van der Waals surface area contributed by atoms with Gasteiger partial charge in [0.1, 0.15) is 0 Å². The van der Waals surface area contributed by atoms with Gasteiger partial charge in [0.05, 0.1) is 20.8 Å². The number of hydrogen-bond acceptors (Lipinski definition) is 4. The molecular weight excluding hydrogens is 443 g/mol. The quantitative estimate of drug-likeness (QED) is 0.326. The summed E-state index contributed by atoms with van der Waals surface area (Å²) in [5, 5.41) is 3.20. The first-order valence-electron chi connectivity index (χ1n) is 9.16. The van der Waals surface area contributed by atoms with Gasteiger partial charge >= 0.3 is 0 Å². The summed E-state index contributed by atoms with van der Waals surface area (Å²) in [4.78, 5) is 7.06. The van der Waals surface area contributed by atoms with Gasteiger partial charge in [0.15, 0.2) is 17.5 Å². The Bertz CT molecular complexity index is 562. The number of methoxy groups -OCH3 is 2. The second-order valence-corrected chi connectivity index (χ2v) is 6.40. The van der Waals surface area contributed by atoms with Crippen molar-refractivity contribution >= 4 is 29.9 Å². The van der Waals surface area contributed by atoms with Crippen molar-refractivity contribution in [2.24, 2.45) is 10.7 Å². The molecule has 2 rings (SSSR count). The monoisotopic (exact) mass is 476 g/mol. The summed E-state index contributed by atoms with van der Waals surface area (Å²) in [7, 11) is 3.29. The molecule has 1 aromatic carbocycles. The van der Waals surface area contributed by atoms with E-state index in [0.29, 0.717) is 12.0 Å². The second kappa shape index (κ2) is 12.2. The molecule has 0 radical (unpaired) electrons. The Morgan fingerprint density at radius 2 is 1.92 bits per heavy atom. The van der Waals surface area contributed by atoms with E-state index in [1.165, 1.54) is 31.5 Å². The van der Waals surface area contributed by atoms with Gasteiger partial charge in [0.25, 0.3) is 0 Å². The van der Waals surface area contributed by atoms with Gasteiger partial charge < -0.3 is 20.5 Å². The molecule has 148 valence electrons. The molecule has 1 atom stereocenters. The summed E-state index contributed by atoms with van der Waals surface area (Å²) in [6.45, 7) is 6.12. The van der Waals surface area contributed by atoms with Gasteiger partial charge in [-0.3, -0.25) is 9.89 Å². The summed E-state index contributed by atoms with van der Waals surface area (Å²) in [5.74, 6) is 2.02. The zero-order valence-electron chi connectivity index (χ0n) is 16.2. The number of ether oxygens (including phenoxy) is 2. The number of rotatable bonds is 9. The number of nitrogens with zero attached hydrogens (tertiary/aromatic N) is 2. The molecule has 1 aromatic rings. The molecule has 0 amide bonds. The highest BCUT2D eigenvalue weighted by Gasteiger charge is 2.19. The number of nitrogens with one attached hydrogen (secondary N) is 1. The number of benzene rings is 1. The van der Waals surface area contributed by atoms with Crippen LogP contribution in [0.3, 0.4) is 0 Å². The Kier molecular flexibility index (Phi) is 10.7. The maximum Gasteiger partial charge on any atom is 0.188 e. The van der Waals surface area contributed by atoms with Crippen LogP contribution < -0.4 is 20.5 Å². The topological polar surface area (TPSA) is 72.1 Å². The van der Waals surface area contributed by atoms with E-state index in [0.717, 1.165) is 37.4 Å². The van der Waals surface area contributed by atoms with Gasteiger partial charge in [-0.1, -0.05) is 13.0 Å². The van der Waals surface area contributed by atoms with Crippen LogP contribution in [0.15, 0.2) is 23.2 Å². The molecule has 3 N–H and O–H groups in total. The largest absolute Gasteiger partial charge is 0.493 e. The molecule has 1 aliphatic heterocycles. The molecule has 1 saturated heterocycles. The molecule has 0 spiro atoms. The minimum Gasteiger partial charge on any atom is -0.493 e. The first kappa shape index (κ1) is 22.8. The molecule has 26 heavy (non-hydrogen) atoms. The van der Waals surface area contributed by atoms with Crippen LogP contribution in [-0.2, 0) is 6.42 Å². The van der Waals surface area contributed by atoms with Crippen molar-refractivity contribution in [1.82, 2.24) is 10.2 Å². The number of guanidine groups is 1. The molecule has 0 bridgehead atoms. The fourth-order valence-corrected chi connectivity index (χ4v) is 3.24. The summed E-state index contributed by atoms with van der Waals surface area (Å²) in [6.07, 6.45) is 4.57. The Morgan fingerprint density at radius 3 is 2.54 bits per heavy atom. The Labute approximate surface area is 174 Å². The molecule has 1 unspecified atom stereocenters. The normalized spacial score (nSPS) is 16.0. The van der Waals surface area contributed by atoms with E-state index in [2.05, 4.69) is 22.1 Å². The maximum absolute atomic E-state index is 6.02. The smallest absolute Gasteiger partial charge is 0.188 e. The minimum absolute atomic E-state index is 0. The zero-order valence-corrected chi connectivity index (χ0v) is 18.5. The molecule has 6 nitrogen and oxygen atoms in total. The van der Waals surface area contributed by atoms with E-state index in [4.69, 9.17) is 15.2 Å². The van der Waals surface area contributed by atoms with Gasteiger partial charge in [0, 0.05) is 12.6 Å². The van der Waals surface area contributed by atoms with Crippen LogP contribution >= 0.6 is 24.0 Å². The average molecular weight is 476 g/mol. The van der Waals surface area contributed by atoms with Crippen molar-refractivity contribution < 1.29 is 9.47 Å². The van der Waals surface area contributed by atoms with Crippen LogP contribution in [0.5, 0.6) is 11.5 Å². The molecule has 0 saturated carbocycles. The van der Waals surface area contributed by atoms with Crippen LogP contribution in [0, 0.1) is 0 Å². The minimum atomic E-state index is 0. The predicted molar refractivity (Wildman–Crippen MR) is 118 cm³/mol. The van der Waals surface area contributed by atoms with Crippen molar-refractivity contribution in [3.63, 3.8) is 0 Å². The zero-order chi connectivity index (χ0) is 18.1. The van der Waals surface area contributed by atoms with Gasteiger partial charge in [-0.05, 0) is 56.5 Å². The standard InChI is InChI=1S/C19H32N4O2.HI/c1-4-16(23-11-5-6-12-23)14-22-19(20)21-10-9-15-7-8-17(24-2)18(13-15)25-3;/h7-8,13,16H,4-6,9-12,14H2,1-3H3,(H3,20,21,22);1H. The van der Waals surface area contributed by atoms with Crippen LogP contribution in [0.2, 0.25) is 0 Å². The van der Waals surface area contributed by atoms with Crippen LogP contribution in [0.25, 0.3) is 0 Å². The third kappa shape index (κ3) is 6.83. The SMILES string of the molecule is CCC(CN=C(N)NCCc1ccc(OC)c(OC)c1)N1CCCC1.I. The highest BCUT2D eigenvalue weighted by atomic mass is 127. The van der Waals surface area contributed by atoms with Gasteiger partial charge in [-0.2, -0.15) is 0 Å². The fourth-order valence-electron chi connectivity index (χ4n) is 3.24. The average Bonchev–Trinajstić information content (AvgIpc) is 3.16. The third-order valence-corrected chi connectivity index (χ3v) is 4.77. The lowest BCUT2D eigenvalue weighted by Crippen LogP contribution is -2.38. The summed E-state index contributed by atoms with van der Waals surface area (Å²) in [6, 6.07) is 6.47. The number of likely N-dealkylation sites (tertiary alicyclic amines) is 1. The summed E-state index contributed by atoms with van der Waals surface area (Å²) >= 11 is 0. The molecule has 1 fully saturated rings. The van der Waals surface area contributed by atoms with Crippen molar-refractivity contribution in [3.05, 3.63) is 23.8 Å². The van der Waals surface area contributed by atoms with E-state index in [-0.39, 0.29) is 24.0 Å². The number of aliphatic imine (C=N–C) groups is 1. The summed E-state index contributed by atoms with van der Waals surface area (Å²) < 4.78 is 10.6. The van der Waals surface area contributed by atoms with Gasteiger partial charge in [-0.15, -0.1) is 24.0 Å². The van der Waals surface area contributed by atoms with E-state index >= 15 is 0 Å². The first-order valence-corrected chi connectivity index (χ1v) is 9.16. The third-order valence-electron chi connectivity index (χ3n) is 4.77. The molecule has 0 aromatic heterocycles. The van der Waals surface area contributed by atoms with Crippen LogP contribution in [0.1, 0.15) is 31.7 Å². The Hall–Kier alpha value is -1.22. The molecular formula is C19H33IN4O2. The molecule has 7 heteroatoms. The highest BCUT2D eigenvalue weighted by Crippen LogP contribution is 2.27. The van der Waals surface area contributed by atoms with Crippen LogP contribution in [-0.4, -0.2) is 57.3 Å². The van der Waals surface area contributed by atoms with Crippen molar-refractivity contribution in [1.29, 1.82) is 0 Å². The van der Waals surface area contributed by atoms with E-state index in [1.807, 2.05) is 18.2 Å². The van der Waals surface area contributed by atoms with Crippen molar-refractivity contribution in [3.8, 4) is 11.5 Å². The highest BCUT2D eigenvalue weighted by molar-refractivity contribution is 14.0. The molecule has 1 aliphatic rings. The Morgan fingerprint density at radius 1 is 1.23 bits per heavy atom. The van der Waals surface area contributed by atoms with Crippen molar-refractivity contribution in [2.75, 3.05) is 40.4 Å². The van der Waals surface area contributed by atoms with E-state index < -0.39 is 0 Å². The number of halogens is 1. The number of hydrogen-bond donors (Lipinski definition) is 2. The van der Waals surface area contributed by atoms with Gasteiger partial charge in [0.2, 0.25) is 0 Å². The fraction of sp³-hybridized carbons (Fsp3) is 0.632. The van der Waals surface area contributed by atoms with E-state index in [1.54, 1.807) is 14.2 Å². The number of nitrogens with two attached hydrogens (primary N) is 1. The van der Waals surface area contributed by atoms with Crippen LogP contribution in [0.4, 0.5) is 0 Å².